The highest BCUT2D eigenvalue weighted by Gasteiger charge is 2.23. The maximum Gasteiger partial charge on any atom is 0.280 e. The number of aryl methyl sites for hydroxylation is 1. The van der Waals surface area contributed by atoms with Crippen molar-refractivity contribution >= 4 is 0 Å². The van der Waals surface area contributed by atoms with Crippen LogP contribution in [-0.4, -0.2) is 19.6 Å². The molecule has 0 fully saturated rings. The van der Waals surface area contributed by atoms with Gasteiger partial charge in [-0.1, -0.05) is 56.7 Å². The second kappa shape index (κ2) is 11.6. The standard InChI is InChI=1S/C30H29FN4O2/c1-3-5-9-28-34-29(36)25(17-20-10-12-22(13-11-20)24-14-15-27(31)33-19-24)30(37)35(28)26(4-2)23-8-6-7-21(16-23)18-32/h6-8,10-16,19,26,37H,3-5,9,17H2,1-2H3. The van der Waals surface area contributed by atoms with Crippen LogP contribution in [0.25, 0.3) is 11.1 Å². The summed E-state index contributed by atoms with van der Waals surface area (Å²) in [5.41, 5.74) is 3.69. The number of hydrogen-bond donors (Lipinski definition) is 1. The summed E-state index contributed by atoms with van der Waals surface area (Å²) in [5, 5.41) is 20.9. The second-order valence-corrected chi connectivity index (χ2v) is 9.01. The van der Waals surface area contributed by atoms with E-state index in [9.17, 15) is 19.6 Å². The zero-order valence-corrected chi connectivity index (χ0v) is 21.0. The molecule has 0 aliphatic carbocycles. The number of hydrogen-bond acceptors (Lipinski definition) is 5. The van der Waals surface area contributed by atoms with Crippen LogP contribution in [0.1, 0.15) is 67.2 Å². The lowest BCUT2D eigenvalue weighted by Gasteiger charge is -2.25. The maximum atomic E-state index is 13.2. The van der Waals surface area contributed by atoms with Gasteiger partial charge < -0.3 is 5.11 Å². The van der Waals surface area contributed by atoms with Crippen LogP contribution < -0.4 is 5.56 Å². The molecule has 0 amide bonds. The van der Waals surface area contributed by atoms with Crippen LogP contribution in [0.5, 0.6) is 5.88 Å². The first-order valence-electron chi connectivity index (χ1n) is 12.5. The average Bonchev–Trinajstić information content (AvgIpc) is 2.92. The third-order valence-electron chi connectivity index (χ3n) is 6.51. The van der Waals surface area contributed by atoms with Crippen molar-refractivity contribution < 1.29 is 9.50 Å². The van der Waals surface area contributed by atoms with Gasteiger partial charge >= 0.3 is 0 Å². The Labute approximate surface area is 215 Å². The summed E-state index contributed by atoms with van der Waals surface area (Å²) in [4.78, 5) is 21.2. The third kappa shape index (κ3) is 5.75. The van der Waals surface area contributed by atoms with E-state index in [-0.39, 0.29) is 23.9 Å². The number of aromatic nitrogens is 3. The van der Waals surface area contributed by atoms with E-state index in [0.717, 1.165) is 35.1 Å². The van der Waals surface area contributed by atoms with E-state index in [1.807, 2.05) is 49.4 Å². The SMILES string of the molecule is CCCCc1nc(=O)c(Cc2ccc(-c3ccc(F)nc3)cc2)c(O)n1C(CC)c1cccc(C#N)c1. The zero-order valence-electron chi connectivity index (χ0n) is 21.0. The van der Waals surface area contributed by atoms with E-state index in [2.05, 4.69) is 23.0 Å². The summed E-state index contributed by atoms with van der Waals surface area (Å²) in [5.74, 6) is -0.0830. The highest BCUT2D eigenvalue weighted by molar-refractivity contribution is 5.62. The van der Waals surface area contributed by atoms with E-state index in [1.165, 1.54) is 12.3 Å². The zero-order chi connectivity index (χ0) is 26.4. The van der Waals surface area contributed by atoms with Gasteiger partial charge in [-0.05, 0) is 53.8 Å². The predicted octanol–water partition coefficient (Wildman–Crippen LogP) is 5.95. The van der Waals surface area contributed by atoms with E-state index >= 15 is 0 Å². The second-order valence-electron chi connectivity index (χ2n) is 9.01. The molecule has 1 atom stereocenters. The summed E-state index contributed by atoms with van der Waals surface area (Å²) in [6.45, 7) is 4.07. The first-order valence-corrected chi connectivity index (χ1v) is 12.5. The Morgan fingerprint density at radius 3 is 2.49 bits per heavy atom. The van der Waals surface area contributed by atoms with Crippen molar-refractivity contribution in [2.45, 2.75) is 52.0 Å². The van der Waals surface area contributed by atoms with Crippen molar-refractivity contribution in [1.29, 1.82) is 5.26 Å². The highest BCUT2D eigenvalue weighted by atomic mass is 19.1. The molecular formula is C30H29FN4O2. The van der Waals surface area contributed by atoms with Gasteiger partial charge in [-0.3, -0.25) is 9.36 Å². The molecule has 4 aromatic rings. The van der Waals surface area contributed by atoms with Gasteiger partial charge in [0.25, 0.3) is 5.56 Å². The van der Waals surface area contributed by atoms with Crippen LogP contribution in [0.2, 0.25) is 0 Å². The molecule has 1 unspecified atom stereocenters. The minimum Gasteiger partial charge on any atom is -0.494 e. The number of unbranched alkanes of at least 4 members (excludes halogenated alkanes) is 1. The fourth-order valence-electron chi connectivity index (χ4n) is 4.54. The molecule has 2 aromatic heterocycles. The van der Waals surface area contributed by atoms with Gasteiger partial charge in [0.1, 0.15) is 5.82 Å². The van der Waals surface area contributed by atoms with Gasteiger partial charge in [-0.15, -0.1) is 0 Å². The number of benzene rings is 2. The van der Waals surface area contributed by atoms with E-state index in [4.69, 9.17) is 0 Å². The van der Waals surface area contributed by atoms with Gasteiger partial charge in [0.05, 0.1) is 23.2 Å². The largest absolute Gasteiger partial charge is 0.494 e. The van der Waals surface area contributed by atoms with Crippen LogP contribution in [0, 0.1) is 17.3 Å². The molecule has 0 spiro atoms. The molecule has 0 radical (unpaired) electrons. The normalized spacial score (nSPS) is 11.7. The topological polar surface area (TPSA) is 91.8 Å². The minimum atomic E-state index is -0.535. The van der Waals surface area contributed by atoms with Crippen LogP contribution in [0.4, 0.5) is 4.39 Å². The molecule has 188 valence electrons. The maximum absolute atomic E-state index is 13.2. The van der Waals surface area contributed by atoms with Crippen LogP contribution >= 0.6 is 0 Å². The molecule has 0 saturated carbocycles. The van der Waals surface area contributed by atoms with Crippen molar-refractivity contribution in [1.82, 2.24) is 14.5 Å². The number of aromatic hydroxyl groups is 1. The molecule has 0 aliphatic heterocycles. The summed E-state index contributed by atoms with van der Waals surface area (Å²) in [6.07, 6.45) is 4.65. The molecule has 1 N–H and O–H groups in total. The quantitative estimate of drug-likeness (QED) is 0.289. The Morgan fingerprint density at radius 2 is 1.84 bits per heavy atom. The van der Waals surface area contributed by atoms with E-state index in [0.29, 0.717) is 24.2 Å². The molecule has 7 heteroatoms. The molecule has 0 bridgehead atoms. The Bertz CT molecular complexity index is 1470. The van der Waals surface area contributed by atoms with Crippen molar-refractivity contribution in [3.63, 3.8) is 0 Å². The Morgan fingerprint density at radius 1 is 1.08 bits per heavy atom. The Kier molecular flexibility index (Phi) is 8.09. The lowest BCUT2D eigenvalue weighted by Crippen LogP contribution is -2.25. The van der Waals surface area contributed by atoms with Crippen LogP contribution in [-0.2, 0) is 12.8 Å². The Balaban J connectivity index is 1.74. The smallest absolute Gasteiger partial charge is 0.280 e. The molecule has 0 aliphatic rings. The summed E-state index contributed by atoms with van der Waals surface area (Å²) in [6, 6.07) is 19.7. The third-order valence-corrected chi connectivity index (χ3v) is 6.51. The molecule has 37 heavy (non-hydrogen) atoms. The lowest BCUT2D eigenvalue weighted by molar-refractivity contribution is 0.368. The van der Waals surface area contributed by atoms with Crippen molar-refractivity contribution in [3.8, 4) is 23.1 Å². The minimum absolute atomic E-state index is 0.0906. The number of rotatable bonds is 9. The first-order chi connectivity index (χ1) is 17.9. The van der Waals surface area contributed by atoms with Gasteiger partial charge in [0, 0.05) is 24.6 Å². The summed E-state index contributed by atoms with van der Waals surface area (Å²) >= 11 is 0. The molecule has 2 heterocycles. The predicted molar refractivity (Wildman–Crippen MR) is 141 cm³/mol. The fraction of sp³-hybridized carbons (Fsp3) is 0.267. The van der Waals surface area contributed by atoms with Crippen molar-refractivity contribution in [2.75, 3.05) is 0 Å². The van der Waals surface area contributed by atoms with E-state index < -0.39 is 11.5 Å². The molecule has 0 saturated heterocycles. The molecule has 2 aromatic carbocycles. The monoisotopic (exact) mass is 496 g/mol. The Hall–Kier alpha value is -4.31. The number of nitriles is 1. The first kappa shape index (κ1) is 25.8. The van der Waals surface area contributed by atoms with Gasteiger partial charge in [-0.25, -0.2) is 4.98 Å². The highest BCUT2D eigenvalue weighted by Crippen LogP contribution is 2.31. The molecule has 4 rings (SSSR count). The summed E-state index contributed by atoms with van der Waals surface area (Å²) in [7, 11) is 0. The number of halogens is 1. The van der Waals surface area contributed by atoms with Gasteiger partial charge in [0.15, 0.2) is 0 Å². The van der Waals surface area contributed by atoms with Gasteiger partial charge in [-0.2, -0.15) is 14.6 Å². The lowest BCUT2D eigenvalue weighted by atomic mass is 9.99. The summed E-state index contributed by atoms with van der Waals surface area (Å²) < 4.78 is 14.9. The van der Waals surface area contributed by atoms with E-state index in [1.54, 1.807) is 16.7 Å². The number of pyridine rings is 1. The van der Waals surface area contributed by atoms with Crippen LogP contribution in [0.3, 0.4) is 0 Å². The van der Waals surface area contributed by atoms with Gasteiger partial charge in [0.2, 0.25) is 11.8 Å². The molecular weight excluding hydrogens is 467 g/mol. The average molecular weight is 497 g/mol. The number of nitrogens with zero attached hydrogens (tertiary/aromatic N) is 4. The van der Waals surface area contributed by atoms with Crippen molar-refractivity contribution in [3.05, 3.63) is 111 Å². The van der Waals surface area contributed by atoms with Crippen molar-refractivity contribution in [2.24, 2.45) is 0 Å². The molecule has 6 nitrogen and oxygen atoms in total. The fourth-order valence-corrected chi connectivity index (χ4v) is 4.54. The van der Waals surface area contributed by atoms with Crippen LogP contribution in [0.15, 0.2) is 71.7 Å².